The molecule has 0 unspecified atom stereocenters. The lowest BCUT2D eigenvalue weighted by Gasteiger charge is -2.20. The van der Waals surface area contributed by atoms with Crippen molar-refractivity contribution in [2.45, 2.75) is 30.6 Å². The van der Waals surface area contributed by atoms with Crippen molar-refractivity contribution in [2.24, 2.45) is 0 Å². The summed E-state index contributed by atoms with van der Waals surface area (Å²) in [4.78, 5) is 12.9. The minimum Gasteiger partial charge on any atom is -0.496 e. The Morgan fingerprint density at radius 3 is 2.29 bits per heavy atom. The van der Waals surface area contributed by atoms with Gasteiger partial charge in [-0.15, -0.1) is 0 Å². The number of methoxy groups -OCH3 is 1. The lowest BCUT2D eigenvalue weighted by Crippen LogP contribution is -2.32. The number of hydrogen-bond acceptors (Lipinski definition) is 4. The van der Waals surface area contributed by atoms with Crippen LogP contribution in [0.1, 0.15) is 36.0 Å². The molecule has 1 amide bonds. The summed E-state index contributed by atoms with van der Waals surface area (Å²) in [5, 5.41) is 3.30. The summed E-state index contributed by atoms with van der Waals surface area (Å²) in [5.41, 5.74) is 0.713. The highest BCUT2D eigenvalue weighted by atomic mass is 35.5. The van der Waals surface area contributed by atoms with Crippen LogP contribution in [0.15, 0.2) is 47.4 Å². The molecule has 2 aromatic rings. The number of halogens is 1. The number of hydrogen-bond donors (Lipinski definition) is 1. The molecule has 1 aliphatic rings. The van der Waals surface area contributed by atoms with Gasteiger partial charge in [-0.25, -0.2) is 8.42 Å². The molecule has 1 saturated heterocycles. The molecule has 1 fully saturated rings. The maximum atomic E-state index is 13.0. The third-order valence-electron chi connectivity index (χ3n) is 4.72. The van der Waals surface area contributed by atoms with Gasteiger partial charge in [0.15, 0.2) is 0 Å². The second-order valence-corrected chi connectivity index (χ2v) is 9.02. The van der Waals surface area contributed by atoms with Crippen LogP contribution in [0.25, 0.3) is 0 Å². The second kappa shape index (κ2) is 8.94. The Bertz CT molecular complexity index is 937. The largest absolute Gasteiger partial charge is 0.496 e. The van der Waals surface area contributed by atoms with Crippen LogP contribution in [0.5, 0.6) is 5.75 Å². The highest BCUT2D eigenvalue weighted by Crippen LogP contribution is 2.27. The number of amides is 1. The quantitative estimate of drug-likeness (QED) is 0.784. The Balaban J connectivity index is 1.90. The van der Waals surface area contributed by atoms with Crippen molar-refractivity contribution in [2.75, 3.05) is 25.5 Å². The minimum atomic E-state index is -3.66. The first-order valence-electron chi connectivity index (χ1n) is 9.17. The molecule has 0 spiro atoms. The molecule has 2 aromatic carbocycles. The zero-order chi connectivity index (χ0) is 20.1. The Hall–Kier alpha value is -2.09. The fraction of sp³-hybridized carbons (Fsp3) is 0.350. The average molecular weight is 423 g/mol. The molecule has 150 valence electrons. The lowest BCUT2D eigenvalue weighted by atomic mass is 10.2. The van der Waals surface area contributed by atoms with E-state index in [1.807, 2.05) is 0 Å². The maximum absolute atomic E-state index is 13.0. The number of carbonyl (C=O) groups is 1. The molecule has 0 atom stereocenters. The van der Waals surface area contributed by atoms with Gasteiger partial charge in [-0.05, 0) is 55.3 Å². The van der Waals surface area contributed by atoms with Gasteiger partial charge in [-0.3, -0.25) is 4.79 Å². The zero-order valence-corrected chi connectivity index (χ0v) is 17.2. The smallest absolute Gasteiger partial charge is 0.259 e. The van der Waals surface area contributed by atoms with Gasteiger partial charge in [0.25, 0.3) is 5.91 Å². The van der Waals surface area contributed by atoms with E-state index in [9.17, 15) is 13.2 Å². The van der Waals surface area contributed by atoms with E-state index in [2.05, 4.69) is 5.32 Å². The first kappa shape index (κ1) is 20.6. The Morgan fingerprint density at radius 1 is 1.04 bits per heavy atom. The summed E-state index contributed by atoms with van der Waals surface area (Å²) < 4.78 is 32.9. The predicted octanol–water partition coefficient (Wildman–Crippen LogP) is 4.17. The van der Waals surface area contributed by atoms with Crippen LogP contribution in [0, 0.1) is 0 Å². The van der Waals surface area contributed by atoms with Gasteiger partial charge >= 0.3 is 0 Å². The van der Waals surface area contributed by atoms with Crippen molar-refractivity contribution in [3.05, 3.63) is 53.1 Å². The number of benzene rings is 2. The fourth-order valence-corrected chi connectivity index (χ4v) is 4.86. The first-order chi connectivity index (χ1) is 13.4. The Labute approximate surface area is 170 Å². The summed E-state index contributed by atoms with van der Waals surface area (Å²) in [6, 6.07) is 11.0. The summed E-state index contributed by atoms with van der Waals surface area (Å²) in [5.74, 6) is -0.145. The van der Waals surface area contributed by atoms with E-state index in [0.29, 0.717) is 29.5 Å². The van der Waals surface area contributed by atoms with Crippen molar-refractivity contribution in [3.8, 4) is 5.75 Å². The van der Waals surface area contributed by atoms with Crippen LogP contribution in [-0.2, 0) is 10.0 Å². The Morgan fingerprint density at radius 2 is 1.68 bits per heavy atom. The molecule has 8 heteroatoms. The number of carbonyl (C=O) groups excluding carboxylic acids is 1. The number of anilines is 1. The second-order valence-electron chi connectivity index (χ2n) is 6.64. The van der Waals surface area contributed by atoms with Crippen LogP contribution in [0.2, 0.25) is 5.02 Å². The van der Waals surface area contributed by atoms with E-state index in [0.717, 1.165) is 25.7 Å². The van der Waals surface area contributed by atoms with Gasteiger partial charge in [-0.1, -0.05) is 24.4 Å². The van der Waals surface area contributed by atoms with Crippen molar-refractivity contribution in [1.82, 2.24) is 4.31 Å². The van der Waals surface area contributed by atoms with Crippen LogP contribution >= 0.6 is 11.6 Å². The third kappa shape index (κ3) is 4.66. The van der Waals surface area contributed by atoms with E-state index < -0.39 is 15.9 Å². The monoisotopic (exact) mass is 422 g/mol. The molecule has 0 aliphatic carbocycles. The molecule has 0 saturated carbocycles. The highest BCUT2D eigenvalue weighted by Gasteiger charge is 2.27. The standard InChI is InChI=1S/C20H23ClN2O4S/c1-27-19-11-10-17(28(25,26)23-12-4-2-3-5-13-23)14-18(19)20(24)22-16-8-6-15(21)7-9-16/h6-11,14H,2-5,12-13H2,1H3,(H,22,24). The molecule has 28 heavy (non-hydrogen) atoms. The normalized spacial score (nSPS) is 15.6. The van der Waals surface area contributed by atoms with Crippen LogP contribution < -0.4 is 10.1 Å². The van der Waals surface area contributed by atoms with Crippen molar-refractivity contribution in [3.63, 3.8) is 0 Å². The van der Waals surface area contributed by atoms with Crippen molar-refractivity contribution < 1.29 is 17.9 Å². The average Bonchev–Trinajstić information content (AvgIpc) is 2.99. The summed E-state index contributed by atoms with van der Waals surface area (Å²) in [6.45, 7) is 1.00. The van der Waals surface area contributed by atoms with E-state index in [4.69, 9.17) is 16.3 Å². The van der Waals surface area contributed by atoms with Crippen molar-refractivity contribution in [1.29, 1.82) is 0 Å². The number of nitrogens with one attached hydrogen (secondary N) is 1. The van der Waals surface area contributed by atoms with Crippen LogP contribution in [0.3, 0.4) is 0 Å². The topological polar surface area (TPSA) is 75.7 Å². The molecular formula is C20H23ClN2O4S. The highest BCUT2D eigenvalue weighted by molar-refractivity contribution is 7.89. The SMILES string of the molecule is COc1ccc(S(=O)(=O)N2CCCCCC2)cc1C(=O)Nc1ccc(Cl)cc1. The van der Waals surface area contributed by atoms with E-state index in [-0.39, 0.29) is 10.5 Å². The molecule has 0 aromatic heterocycles. The van der Waals surface area contributed by atoms with Gasteiger partial charge in [-0.2, -0.15) is 4.31 Å². The fourth-order valence-electron chi connectivity index (χ4n) is 3.19. The number of nitrogens with zero attached hydrogens (tertiary/aromatic N) is 1. The van der Waals surface area contributed by atoms with E-state index >= 15 is 0 Å². The number of rotatable bonds is 5. The molecule has 1 aliphatic heterocycles. The molecule has 1 heterocycles. The lowest BCUT2D eigenvalue weighted by molar-refractivity contribution is 0.102. The summed E-state index contributed by atoms with van der Waals surface area (Å²) in [7, 11) is -2.22. The zero-order valence-electron chi connectivity index (χ0n) is 15.7. The third-order valence-corrected chi connectivity index (χ3v) is 6.87. The predicted molar refractivity (Wildman–Crippen MR) is 110 cm³/mol. The number of sulfonamides is 1. The summed E-state index contributed by atoms with van der Waals surface area (Å²) in [6.07, 6.45) is 3.76. The van der Waals surface area contributed by atoms with Gasteiger partial charge in [0.2, 0.25) is 10.0 Å². The van der Waals surface area contributed by atoms with Gasteiger partial charge < -0.3 is 10.1 Å². The summed E-state index contributed by atoms with van der Waals surface area (Å²) >= 11 is 5.87. The van der Waals surface area contributed by atoms with Gasteiger partial charge in [0.05, 0.1) is 17.6 Å². The van der Waals surface area contributed by atoms with Gasteiger partial charge in [0.1, 0.15) is 5.75 Å². The van der Waals surface area contributed by atoms with Crippen LogP contribution in [-0.4, -0.2) is 38.8 Å². The molecule has 3 rings (SSSR count). The maximum Gasteiger partial charge on any atom is 0.259 e. The van der Waals surface area contributed by atoms with Crippen molar-refractivity contribution >= 4 is 33.2 Å². The molecular weight excluding hydrogens is 400 g/mol. The molecule has 0 radical (unpaired) electrons. The van der Waals surface area contributed by atoms with E-state index in [1.54, 1.807) is 24.3 Å². The minimum absolute atomic E-state index is 0.0939. The molecule has 1 N–H and O–H groups in total. The van der Waals surface area contributed by atoms with E-state index in [1.165, 1.54) is 29.6 Å². The van der Waals surface area contributed by atoms with Gasteiger partial charge in [0, 0.05) is 23.8 Å². The Kier molecular flexibility index (Phi) is 6.59. The van der Waals surface area contributed by atoms with Crippen LogP contribution in [0.4, 0.5) is 5.69 Å². The molecule has 0 bridgehead atoms. The number of ether oxygens (including phenoxy) is 1. The molecule has 6 nitrogen and oxygen atoms in total. The first-order valence-corrected chi connectivity index (χ1v) is 11.0.